The number of H-pyrrole nitrogens is 1. The van der Waals surface area contributed by atoms with Crippen LogP contribution < -0.4 is 10.2 Å². The number of rotatable bonds is 5. The first kappa shape index (κ1) is 21.4. The summed E-state index contributed by atoms with van der Waals surface area (Å²) in [4.78, 5) is 28.9. The van der Waals surface area contributed by atoms with E-state index in [9.17, 15) is 4.79 Å². The van der Waals surface area contributed by atoms with Gasteiger partial charge in [-0.3, -0.25) is 9.69 Å². The lowest BCUT2D eigenvalue weighted by atomic mass is 9.96. The Morgan fingerprint density at radius 2 is 1.97 bits per heavy atom. The van der Waals surface area contributed by atoms with Crippen LogP contribution >= 0.6 is 0 Å². The van der Waals surface area contributed by atoms with Crippen molar-refractivity contribution >= 4 is 28.3 Å². The van der Waals surface area contributed by atoms with Gasteiger partial charge in [0.15, 0.2) is 5.65 Å². The quantitative estimate of drug-likeness (QED) is 0.489. The smallest absolute Gasteiger partial charge is 0.233 e. The Hall–Kier alpha value is -3.46. The molecule has 1 aliphatic heterocycles. The predicted molar refractivity (Wildman–Crippen MR) is 130 cm³/mol. The zero-order chi connectivity index (χ0) is 23.1. The van der Waals surface area contributed by atoms with Gasteiger partial charge in [-0.15, -0.1) is 0 Å². The Morgan fingerprint density at radius 3 is 2.70 bits per heavy atom. The van der Waals surface area contributed by atoms with Gasteiger partial charge in [0.25, 0.3) is 0 Å². The third-order valence-electron chi connectivity index (χ3n) is 6.48. The molecule has 33 heavy (non-hydrogen) atoms. The topological polar surface area (TPSA) is 94.5 Å². The molecule has 0 aliphatic carbocycles. The van der Waals surface area contributed by atoms with Gasteiger partial charge in [-0.05, 0) is 36.1 Å². The van der Waals surface area contributed by atoms with E-state index in [1.165, 1.54) is 10.9 Å². The van der Waals surface area contributed by atoms with E-state index in [1.807, 2.05) is 16.9 Å². The molecule has 0 bridgehead atoms. The lowest BCUT2D eigenvalue weighted by Gasteiger charge is -2.35. The Balaban J connectivity index is 1.48. The van der Waals surface area contributed by atoms with Crippen LogP contribution in [0.15, 0.2) is 30.9 Å². The van der Waals surface area contributed by atoms with E-state index in [0.29, 0.717) is 12.5 Å². The number of carbonyl (C=O) groups is 1. The van der Waals surface area contributed by atoms with E-state index in [2.05, 4.69) is 63.1 Å². The number of aromatic nitrogens is 5. The van der Waals surface area contributed by atoms with Crippen molar-refractivity contribution in [3.8, 4) is 11.3 Å². The van der Waals surface area contributed by atoms with E-state index in [4.69, 9.17) is 4.98 Å². The summed E-state index contributed by atoms with van der Waals surface area (Å²) in [5, 5.41) is 8.25. The molecule has 0 aromatic carbocycles. The monoisotopic (exact) mass is 446 g/mol. The fourth-order valence-corrected chi connectivity index (χ4v) is 4.75. The molecular weight excluding hydrogens is 416 g/mol. The van der Waals surface area contributed by atoms with E-state index in [-0.39, 0.29) is 5.91 Å². The summed E-state index contributed by atoms with van der Waals surface area (Å²) in [6.07, 6.45) is 5.56. The Morgan fingerprint density at radius 1 is 1.18 bits per heavy atom. The molecule has 0 saturated carbocycles. The summed E-state index contributed by atoms with van der Waals surface area (Å²) >= 11 is 0. The summed E-state index contributed by atoms with van der Waals surface area (Å²) < 4.78 is 1.84. The number of fused-ring (bicyclic) bond motifs is 2. The number of hydrogen-bond acceptors (Lipinski definition) is 6. The lowest BCUT2D eigenvalue weighted by Crippen LogP contribution is -2.49. The number of aromatic amines is 1. The Kier molecular flexibility index (Phi) is 5.49. The summed E-state index contributed by atoms with van der Waals surface area (Å²) in [7, 11) is 1.68. The molecule has 0 atom stereocenters. The fourth-order valence-electron chi connectivity index (χ4n) is 4.75. The predicted octanol–water partition coefficient (Wildman–Crippen LogP) is 2.57. The summed E-state index contributed by atoms with van der Waals surface area (Å²) in [6.45, 7) is 10.4. The maximum absolute atomic E-state index is 11.7. The number of aryl methyl sites for hydroxylation is 1. The molecule has 4 aromatic heterocycles. The van der Waals surface area contributed by atoms with Crippen LogP contribution in [0, 0.1) is 6.92 Å². The first-order chi connectivity index (χ1) is 15.9. The van der Waals surface area contributed by atoms with Gasteiger partial charge in [0, 0.05) is 50.4 Å². The van der Waals surface area contributed by atoms with Crippen LogP contribution in [0.3, 0.4) is 0 Å². The highest BCUT2D eigenvalue weighted by Crippen LogP contribution is 2.37. The van der Waals surface area contributed by atoms with Gasteiger partial charge in [-0.25, -0.2) is 14.5 Å². The minimum atomic E-state index is 0.0590. The van der Waals surface area contributed by atoms with Crippen LogP contribution in [0.1, 0.15) is 30.9 Å². The van der Waals surface area contributed by atoms with Crippen LogP contribution in [0.4, 0.5) is 5.82 Å². The first-order valence-electron chi connectivity index (χ1n) is 11.4. The van der Waals surface area contributed by atoms with Crippen molar-refractivity contribution in [3.63, 3.8) is 0 Å². The highest BCUT2D eigenvalue weighted by molar-refractivity contribution is 5.92. The first-order valence-corrected chi connectivity index (χ1v) is 11.4. The zero-order valence-electron chi connectivity index (χ0n) is 19.6. The number of likely N-dealkylation sites (N-methyl/N-ethyl adjacent to an activating group) is 1. The molecule has 5 rings (SSSR count). The van der Waals surface area contributed by atoms with Crippen molar-refractivity contribution in [2.75, 3.05) is 44.7 Å². The van der Waals surface area contributed by atoms with Crippen LogP contribution in [-0.2, 0) is 4.79 Å². The minimum absolute atomic E-state index is 0.0590. The number of hydrogen-bond donors (Lipinski definition) is 2. The molecule has 5 heterocycles. The molecule has 1 saturated heterocycles. The molecule has 9 heteroatoms. The Labute approximate surface area is 192 Å². The van der Waals surface area contributed by atoms with Gasteiger partial charge in [-0.1, -0.05) is 13.8 Å². The average Bonchev–Trinajstić information content (AvgIpc) is 3.44. The molecule has 1 aliphatic rings. The molecule has 2 N–H and O–H groups in total. The van der Waals surface area contributed by atoms with Crippen LogP contribution in [-0.4, -0.2) is 75.1 Å². The number of nitrogens with zero attached hydrogens (tertiary/aromatic N) is 6. The highest BCUT2D eigenvalue weighted by atomic mass is 16.1. The lowest BCUT2D eigenvalue weighted by molar-refractivity contribution is -0.121. The van der Waals surface area contributed by atoms with E-state index in [0.717, 1.165) is 60.0 Å². The van der Waals surface area contributed by atoms with Crippen molar-refractivity contribution in [2.24, 2.45) is 0 Å². The molecule has 1 amide bonds. The molecule has 0 unspecified atom stereocenters. The summed E-state index contributed by atoms with van der Waals surface area (Å²) in [5.41, 5.74) is 6.48. The largest absolute Gasteiger partial charge is 0.358 e. The van der Waals surface area contributed by atoms with E-state index >= 15 is 0 Å². The van der Waals surface area contributed by atoms with Gasteiger partial charge in [0.2, 0.25) is 5.91 Å². The van der Waals surface area contributed by atoms with Crippen molar-refractivity contribution in [1.29, 1.82) is 0 Å². The van der Waals surface area contributed by atoms with Gasteiger partial charge < -0.3 is 15.2 Å². The maximum Gasteiger partial charge on any atom is 0.233 e. The number of nitrogens with one attached hydrogen (secondary N) is 2. The van der Waals surface area contributed by atoms with Crippen LogP contribution in [0.2, 0.25) is 0 Å². The standard InChI is InChI=1S/C24H30N8O/c1-15(2)22-18-10-20(31-7-5-30(6-8-31)13-21(33)25-4)26-11-19(18)29-23(22)17-9-16(3)24-27-14-28-32(24)12-17/h9-12,14-15,29H,5-8,13H2,1-4H3,(H,25,33). The maximum atomic E-state index is 11.7. The average molecular weight is 447 g/mol. The minimum Gasteiger partial charge on any atom is -0.358 e. The molecule has 9 nitrogen and oxygen atoms in total. The fraction of sp³-hybridized carbons (Fsp3) is 0.417. The molecule has 4 aromatic rings. The molecule has 172 valence electrons. The van der Waals surface area contributed by atoms with E-state index < -0.39 is 0 Å². The SMILES string of the molecule is CNC(=O)CN1CCN(c2cc3c(C(C)C)c(-c4cc(C)c5ncnn5c4)[nH]c3cn2)CC1. The second-order valence-electron chi connectivity index (χ2n) is 9.03. The van der Waals surface area contributed by atoms with Gasteiger partial charge in [0.1, 0.15) is 12.1 Å². The highest BCUT2D eigenvalue weighted by Gasteiger charge is 2.22. The molecular formula is C24H30N8O. The van der Waals surface area contributed by atoms with Gasteiger partial charge >= 0.3 is 0 Å². The third-order valence-corrected chi connectivity index (χ3v) is 6.48. The zero-order valence-corrected chi connectivity index (χ0v) is 19.6. The number of carbonyl (C=O) groups excluding carboxylic acids is 1. The Bertz CT molecular complexity index is 1310. The number of amides is 1. The second kappa shape index (κ2) is 8.47. The summed E-state index contributed by atoms with van der Waals surface area (Å²) in [5.74, 6) is 1.38. The van der Waals surface area contributed by atoms with Crippen LogP contribution in [0.25, 0.3) is 27.8 Å². The van der Waals surface area contributed by atoms with Crippen molar-refractivity contribution in [2.45, 2.75) is 26.7 Å². The van der Waals surface area contributed by atoms with Crippen molar-refractivity contribution < 1.29 is 4.79 Å². The van der Waals surface area contributed by atoms with E-state index in [1.54, 1.807) is 13.4 Å². The van der Waals surface area contributed by atoms with Crippen molar-refractivity contribution in [3.05, 3.63) is 42.0 Å². The second-order valence-corrected chi connectivity index (χ2v) is 9.03. The normalized spacial score (nSPS) is 15.1. The third kappa shape index (κ3) is 3.93. The number of pyridine rings is 2. The molecule has 0 radical (unpaired) electrons. The molecule has 1 fully saturated rings. The van der Waals surface area contributed by atoms with Crippen molar-refractivity contribution in [1.82, 2.24) is 34.8 Å². The van der Waals surface area contributed by atoms with Crippen LogP contribution in [0.5, 0.6) is 0 Å². The number of piperazine rings is 1. The molecule has 0 spiro atoms. The number of anilines is 1. The summed E-state index contributed by atoms with van der Waals surface area (Å²) in [6, 6.07) is 4.38. The van der Waals surface area contributed by atoms with Gasteiger partial charge in [-0.2, -0.15) is 5.10 Å². The van der Waals surface area contributed by atoms with Gasteiger partial charge in [0.05, 0.1) is 24.0 Å².